The van der Waals surface area contributed by atoms with Gasteiger partial charge in [-0.3, -0.25) is 9.59 Å². The second-order valence-electron chi connectivity index (χ2n) is 6.83. The largest absolute Gasteiger partial charge is 0.486 e. The second kappa shape index (κ2) is 8.58. The second-order valence-corrected chi connectivity index (χ2v) is 6.83. The van der Waals surface area contributed by atoms with Crippen LogP contribution < -0.4 is 20.1 Å². The third-order valence-electron chi connectivity index (χ3n) is 4.19. The summed E-state index contributed by atoms with van der Waals surface area (Å²) in [5, 5.41) is 5.71. The summed E-state index contributed by atoms with van der Waals surface area (Å²) in [6.07, 6.45) is 0.913. The molecule has 0 fully saturated rings. The van der Waals surface area contributed by atoms with Crippen molar-refractivity contribution in [2.75, 3.05) is 25.1 Å². The lowest BCUT2D eigenvalue weighted by Crippen LogP contribution is -2.25. The van der Waals surface area contributed by atoms with Crippen LogP contribution in [0, 0.1) is 5.92 Å². The van der Waals surface area contributed by atoms with Crippen molar-refractivity contribution in [1.29, 1.82) is 0 Å². The molecule has 2 amide bonds. The van der Waals surface area contributed by atoms with Crippen LogP contribution in [0.2, 0.25) is 0 Å². The van der Waals surface area contributed by atoms with Crippen molar-refractivity contribution in [2.24, 2.45) is 5.92 Å². The molecule has 0 aliphatic carbocycles. The third kappa shape index (κ3) is 5.00. The minimum Gasteiger partial charge on any atom is -0.486 e. The molecule has 0 atom stereocenters. The molecule has 1 aliphatic heterocycles. The Morgan fingerprint density at radius 3 is 2.41 bits per heavy atom. The summed E-state index contributed by atoms with van der Waals surface area (Å²) in [7, 11) is 0. The van der Waals surface area contributed by atoms with Gasteiger partial charge >= 0.3 is 0 Å². The van der Waals surface area contributed by atoms with Gasteiger partial charge in [0.2, 0.25) is 0 Å². The van der Waals surface area contributed by atoms with Crippen LogP contribution >= 0.6 is 0 Å². The van der Waals surface area contributed by atoms with Crippen molar-refractivity contribution in [3.8, 4) is 11.5 Å². The summed E-state index contributed by atoms with van der Waals surface area (Å²) >= 11 is 0. The lowest BCUT2D eigenvalue weighted by molar-refractivity contribution is 0.0952. The lowest BCUT2D eigenvalue weighted by atomic mass is 10.1. The molecule has 2 aromatic rings. The Morgan fingerprint density at radius 2 is 1.67 bits per heavy atom. The molecule has 2 aromatic carbocycles. The Kier molecular flexibility index (Phi) is 5.96. The number of benzene rings is 2. The monoisotopic (exact) mass is 368 g/mol. The quantitative estimate of drug-likeness (QED) is 0.818. The average Bonchev–Trinajstić information content (AvgIpc) is 2.67. The summed E-state index contributed by atoms with van der Waals surface area (Å²) in [5.41, 5.74) is 1.49. The maximum absolute atomic E-state index is 12.5. The van der Waals surface area contributed by atoms with E-state index in [4.69, 9.17) is 9.47 Å². The first-order chi connectivity index (χ1) is 13.0. The summed E-state index contributed by atoms with van der Waals surface area (Å²) < 4.78 is 11.0. The van der Waals surface area contributed by atoms with Crippen molar-refractivity contribution in [3.63, 3.8) is 0 Å². The van der Waals surface area contributed by atoms with E-state index in [0.717, 1.165) is 6.42 Å². The van der Waals surface area contributed by atoms with Crippen LogP contribution in [0.1, 0.15) is 41.0 Å². The minimum absolute atomic E-state index is 0.176. The zero-order valence-corrected chi connectivity index (χ0v) is 15.6. The molecule has 1 heterocycles. The highest BCUT2D eigenvalue weighted by atomic mass is 16.6. The molecule has 6 heteroatoms. The molecule has 142 valence electrons. The fourth-order valence-electron chi connectivity index (χ4n) is 2.70. The van der Waals surface area contributed by atoms with Gasteiger partial charge < -0.3 is 20.1 Å². The maximum atomic E-state index is 12.5. The van der Waals surface area contributed by atoms with Gasteiger partial charge in [-0.1, -0.05) is 19.9 Å². The van der Waals surface area contributed by atoms with Gasteiger partial charge in [0.1, 0.15) is 13.2 Å². The molecular formula is C21H24N2O4. The molecule has 2 N–H and O–H groups in total. The zero-order valence-electron chi connectivity index (χ0n) is 15.6. The van der Waals surface area contributed by atoms with Crippen LogP contribution in [-0.4, -0.2) is 31.6 Å². The molecule has 0 aromatic heterocycles. The number of ether oxygens (including phenoxy) is 2. The number of amides is 2. The zero-order chi connectivity index (χ0) is 19.2. The first-order valence-corrected chi connectivity index (χ1v) is 9.12. The van der Waals surface area contributed by atoms with Gasteiger partial charge in [0, 0.05) is 29.4 Å². The standard InChI is InChI=1S/C21H24N2O4/c1-14(2)8-9-22-20(24)15-4-3-5-16(12-15)21(25)23-17-6-7-18-19(13-17)27-11-10-26-18/h3-7,12-14H,8-11H2,1-2H3,(H,22,24)(H,23,25). The van der Waals surface area contributed by atoms with Crippen molar-refractivity contribution in [2.45, 2.75) is 20.3 Å². The number of hydrogen-bond donors (Lipinski definition) is 2. The van der Waals surface area contributed by atoms with Gasteiger partial charge in [0.05, 0.1) is 0 Å². The Bertz CT molecular complexity index is 833. The number of anilines is 1. The molecular weight excluding hydrogens is 344 g/mol. The molecule has 0 saturated carbocycles. The van der Waals surface area contributed by atoms with E-state index in [0.29, 0.717) is 54.0 Å². The number of carbonyl (C=O) groups is 2. The van der Waals surface area contributed by atoms with Gasteiger partial charge in [-0.15, -0.1) is 0 Å². The van der Waals surface area contributed by atoms with Crippen LogP contribution in [0.25, 0.3) is 0 Å². The first-order valence-electron chi connectivity index (χ1n) is 9.12. The summed E-state index contributed by atoms with van der Waals surface area (Å²) in [5.74, 6) is 1.33. The number of carbonyl (C=O) groups excluding carboxylic acids is 2. The van der Waals surface area contributed by atoms with Crippen molar-refractivity contribution in [1.82, 2.24) is 5.32 Å². The van der Waals surface area contributed by atoms with Gasteiger partial charge in [0.15, 0.2) is 11.5 Å². The third-order valence-corrected chi connectivity index (χ3v) is 4.19. The van der Waals surface area contributed by atoms with Crippen LogP contribution in [0.5, 0.6) is 11.5 Å². The maximum Gasteiger partial charge on any atom is 0.255 e. The van der Waals surface area contributed by atoms with Gasteiger partial charge in [-0.2, -0.15) is 0 Å². The van der Waals surface area contributed by atoms with Crippen molar-refractivity contribution >= 4 is 17.5 Å². The van der Waals surface area contributed by atoms with Crippen molar-refractivity contribution < 1.29 is 19.1 Å². The Labute approximate surface area is 158 Å². The molecule has 0 spiro atoms. The molecule has 0 saturated heterocycles. The van der Waals surface area contributed by atoms with E-state index in [1.54, 1.807) is 42.5 Å². The molecule has 27 heavy (non-hydrogen) atoms. The highest BCUT2D eigenvalue weighted by Crippen LogP contribution is 2.32. The Balaban J connectivity index is 1.65. The Hall–Kier alpha value is -3.02. The topological polar surface area (TPSA) is 76.7 Å². The van der Waals surface area contributed by atoms with Crippen LogP contribution in [0.4, 0.5) is 5.69 Å². The highest BCUT2D eigenvalue weighted by Gasteiger charge is 2.14. The fraction of sp³-hybridized carbons (Fsp3) is 0.333. The average molecular weight is 368 g/mol. The SMILES string of the molecule is CC(C)CCNC(=O)c1cccc(C(=O)Nc2ccc3c(c2)OCCO3)c1. The lowest BCUT2D eigenvalue weighted by Gasteiger charge is -2.19. The van der Waals surface area contributed by atoms with E-state index in [-0.39, 0.29) is 11.8 Å². The van der Waals surface area contributed by atoms with Crippen LogP contribution in [0.3, 0.4) is 0 Å². The van der Waals surface area contributed by atoms with Crippen LogP contribution in [0.15, 0.2) is 42.5 Å². The fourth-order valence-corrected chi connectivity index (χ4v) is 2.70. The first kappa shape index (κ1) is 18.8. The predicted molar refractivity (Wildman–Crippen MR) is 104 cm³/mol. The van der Waals surface area contributed by atoms with Gasteiger partial charge in [-0.25, -0.2) is 0 Å². The Morgan fingerprint density at radius 1 is 0.963 bits per heavy atom. The minimum atomic E-state index is -0.288. The van der Waals surface area contributed by atoms with E-state index in [1.807, 2.05) is 0 Å². The van der Waals surface area contributed by atoms with E-state index in [1.165, 1.54) is 0 Å². The smallest absolute Gasteiger partial charge is 0.255 e. The number of hydrogen-bond acceptors (Lipinski definition) is 4. The van der Waals surface area contributed by atoms with Crippen molar-refractivity contribution in [3.05, 3.63) is 53.6 Å². The highest BCUT2D eigenvalue weighted by molar-refractivity contribution is 6.06. The predicted octanol–water partition coefficient (Wildman–Crippen LogP) is 3.49. The molecule has 1 aliphatic rings. The van der Waals surface area contributed by atoms with Gasteiger partial charge in [0.25, 0.3) is 11.8 Å². The molecule has 0 unspecified atom stereocenters. The molecule has 6 nitrogen and oxygen atoms in total. The molecule has 0 bridgehead atoms. The molecule has 0 radical (unpaired) electrons. The van der Waals surface area contributed by atoms with Gasteiger partial charge in [-0.05, 0) is 42.7 Å². The normalized spacial score (nSPS) is 12.6. The van der Waals surface area contributed by atoms with Crippen LogP contribution in [-0.2, 0) is 0 Å². The number of fused-ring (bicyclic) bond motifs is 1. The van der Waals surface area contributed by atoms with E-state index >= 15 is 0 Å². The summed E-state index contributed by atoms with van der Waals surface area (Å²) in [4.78, 5) is 24.8. The summed E-state index contributed by atoms with van der Waals surface area (Å²) in [6, 6.07) is 11.9. The molecule has 3 rings (SSSR count). The van der Waals surface area contributed by atoms with E-state index in [2.05, 4.69) is 24.5 Å². The number of nitrogens with one attached hydrogen (secondary N) is 2. The van der Waals surface area contributed by atoms with E-state index < -0.39 is 0 Å². The van der Waals surface area contributed by atoms with E-state index in [9.17, 15) is 9.59 Å². The number of rotatable bonds is 6. The summed E-state index contributed by atoms with van der Waals surface area (Å²) in [6.45, 7) is 5.83.